The summed E-state index contributed by atoms with van der Waals surface area (Å²) in [7, 11) is 0. The number of esters is 1. The van der Waals surface area contributed by atoms with Crippen LogP contribution in [0.2, 0.25) is 0 Å². The number of rotatable bonds is 2. The molecule has 0 N–H and O–H groups in total. The van der Waals surface area contributed by atoms with Crippen molar-refractivity contribution in [1.29, 1.82) is 0 Å². The maximum Gasteiger partial charge on any atom is 0.573 e. The van der Waals surface area contributed by atoms with E-state index < -0.39 is 12.3 Å². The van der Waals surface area contributed by atoms with E-state index in [9.17, 15) is 18.0 Å². The minimum absolute atomic E-state index is 0.302. The average molecular weight is 256 g/mol. The maximum absolute atomic E-state index is 11.9. The molecule has 3 nitrogen and oxygen atoms in total. The molecule has 1 aliphatic rings. The third-order valence-electron chi connectivity index (χ3n) is 2.02. The van der Waals surface area contributed by atoms with Gasteiger partial charge in [-0.2, -0.15) is 0 Å². The summed E-state index contributed by atoms with van der Waals surface area (Å²) in [6.45, 7) is 0. The second-order valence-corrected chi connectivity index (χ2v) is 3.42. The molecule has 6 heteroatoms. The summed E-state index contributed by atoms with van der Waals surface area (Å²) >= 11 is 0. The SMILES string of the molecule is O=C1C=C/C(=C\c2ccc(OC(F)(F)F)cc2)O1. The van der Waals surface area contributed by atoms with Crippen LogP contribution in [0.5, 0.6) is 5.75 Å². The van der Waals surface area contributed by atoms with Crippen LogP contribution in [0.15, 0.2) is 42.2 Å². The fourth-order valence-corrected chi connectivity index (χ4v) is 1.34. The summed E-state index contributed by atoms with van der Waals surface area (Å²) in [5.74, 6) is -0.439. The molecule has 0 bridgehead atoms. The molecule has 1 aromatic rings. The van der Waals surface area contributed by atoms with Crippen LogP contribution in [0.3, 0.4) is 0 Å². The van der Waals surface area contributed by atoms with E-state index in [1.807, 2.05) is 0 Å². The van der Waals surface area contributed by atoms with Crippen LogP contribution in [0.4, 0.5) is 13.2 Å². The minimum Gasteiger partial charge on any atom is -0.423 e. The highest BCUT2D eigenvalue weighted by Crippen LogP contribution is 2.23. The second-order valence-electron chi connectivity index (χ2n) is 3.42. The second kappa shape index (κ2) is 4.56. The Bertz CT molecular complexity index is 512. The van der Waals surface area contributed by atoms with Gasteiger partial charge in [-0.1, -0.05) is 12.1 Å². The molecule has 94 valence electrons. The number of carbonyl (C=O) groups excluding carboxylic acids is 1. The quantitative estimate of drug-likeness (QED) is 0.763. The molecular formula is C12H7F3O3. The number of benzene rings is 1. The van der Waals surface area contributed by atoms with Crippen molar-refractivity contribution in [2.24, 2.45) is 0 Å². The first-order chi connectivity index (χ1) is 8.42. The first-order valence-corrected chi connectivity index (χ1v) is 4.90. The van der Waals surface area contributed by atoms with Gasteiger partial charge in [0.1, 0.15) is 11.5 Å². The van der Waals surface area contributed by atoms with Gasteiger partial charge in [0.25, 0.3) is 0 Å². The van der Waals surface area contributed by atoms with Gasteiger partial charge in [-0.15, -0.1) is 13.2 Å². The summed E-state index contributed by atoms with van der Waals surface area (Å²) in [6.07, 6.45) is -0.447. The number of hydrogen-bond donors (Lipinski definition) is 0. The summed E-state index contributed by atoms with van der Waals surface area (Å²) in [5.41, 5.74) is 0.596. The Kier molecular flexibility index (Phi) is 3.10. The summed E-state index contributed by atoms with van der Waals surface area (Å²) in [6, 6.07) is 5.21. The van der Waals surface area contributed by atoms with E-state index in [-0.39, 0.29) is 5.75 Å². The van der Waals surface area contributed by atoms with Crippen LogP contribution in [-0.4, -0.2) is 12.3 Å². The van der Waals surface area contributed by atoms with Gasteiger partial charge in [0.15, 0.2) is 0 Å². The monoisotopic (exact) mass is 256 g/mol. The average Bonchev–Trinajstić information content (AvgIpc) is 2.65. The molecule has 0 radical (unpaired) electrons. The summed E-state index contributed by atoms with van der Waals surface area (Å²) in [5, 5.41) is 0. The molecule has 0 unspecified atom stereocenters. The fourth-order valence-electron chi connectivity index (χ4n) is 1.34. The topological polar surface area (TPSA) is 35.5 Å². The van der Waals surface area contributed by atoms with Gasteiger partial charge >= 0.3 is 12.3 Å². The fraction of sp³-hybridized carbons (Fsp3) is 0.0833. The zero-order valence-electron chi connectivity index (χ0n) is 8.90. The molecule has 0 saturated heterocycles. The lowest BCUT2D eigenvalue weighted by molar-refractivity contribution is -0.274. The van der Waals surface area contributed by atoms with Crippen LogP contribution in [-0.2, 0) is 9.53 Å². The van der Waals surface area contributed by atoms with Gasteiger partial charge in [0.05, 0.1) is 0 Å². The number of hydrogen-bond acceptors (Lipinski definition) is 3. The summed E-state index contributed by atoms with van der Waals surface area (Å²) < 4.78 is 44.2. The molecule has 2 rings (SSSR count). The third-order valence-corrected chi connectivity index (χ3v) is 2.02. The van der Waals surface area contributed by atoms with E-state index in [1.54, 1.807) is 0 Å². The van der Waals surface area contributed by atoms with Gasteiger partial charge in [-0.25, -0.2) is 4.79 Å². The lowest BCUT2D eigenvalue weighted by Crippen LogP contribution is -2.16. The molecule has 0 spiro atoms. The molecule has 1 aromatic carbocycles. The van der Waals surface area contributed by atoms with Crippen LogP contribution >= 0.6 is 0 Å². The van der Waals surface area contributed by atoms with E-state index in [0.29, 0.717) is 11.3 Å². The van der Waals surface area contributed by atoms with Gasteiger partial charge in [-0.3, -0.25) is 0 Å². The van der Waals surface area contributed by atoms with Gasteiger partial charge in [-0.05, 0) is 29.8 Å². The van der Waals surface area contributed by atoms with Gasteiger partial charge in [0, 0.05) is 6.08 Å². The Labute approximate surface area is 100 Å². The predicted molar refractivity (Wildman–Crippen MR) is 56.3 cm³/mol. The normalized spacial score (nSPS) is 17.1. The van der Waals surface area contributed by atoms with E-state index >= 15 is 0 Å². The van der Waals surface area contributed by atoms with Gasteiger partial charge in [0.2, 0.25) is 0 Å². The number of ether oxygens (including phenoxy) is 2. The van der Waals surface area contributed by atoms with Crippen molar-refractivity contribution in [3.05, 3.63) is 47.7 Å². The molecular weight excluding hydrogens is 249 g/mol. The number of carbonyl (C=O) groups is 1. The van der Waals surface area contributed by atoms with Gasteiger partial charge < -0.3 is 9.47 Å². The maximum atomic E-state index is 11.9. The zero-order valence-corrected chi connectivity index (χ0v) is 8.90. The van der Waals surface area contributed by atoms with Crippen molar-refractivity contribution in [2.75, 3.05) is 0 Å². The molecule has 18 heavy (non-hydrogen) atoms. The first-order valence-electron chi connectivity index (χ1n) is 4.90. The van der Waals surface area contributed by atoms with Crippen LogP contribution in [0, 0.1) is 0 Å². The zero-order chi connectivity index (χ0) is 13.2. The Morgan fingerprint density at radius 3 is 2.28 bits per heavy atom. The van der Waals surface area contributed by atoms with Crippen LogP contribution in [0.1, 0.15) is 5.56 Å². The minimum atomic E-state index is -4.70. The Morgan fingerprint density at radius 2 is 1.78 bits per heavy atom. The van der Waals surface area contributed by atoms with Crippen LogP contribution in [0.25, 0.3) is 6.08 Å². The van der Waals surface area contributed by atoms with Crippen LogP contribution < -0.4 is 4.74 Å². The lowest BCUT2D eigenvalue weighted by atomic mass is 10.2. The van der Waals surface area contributed by atoms with Crippen molar-refractivity contribution < 1.29 is 27.4 Å². The molecule has 0 saturated carbocycles. The molecule has 0 atom stereocenters. The predicted octanol–water partition coefficient (Wildman–Crippen LogP) is 3.04. The smallest absolute Gasteiger partial charge is 0.423 e. The van der Waals surface area contributed by atoms with Crippen molar-refractivity contribution in [2.45, 2.75) is 6.36 Å². The highest BCUT2D eigenvalue weighted by molar-refractivity contribution is 5.87. The molecule has 0 aliphatic carbocycles. The largest absolute Gasteiger partial charge is 0.573 e. The van der Waals surface area contributed by atoms with E-state index in [0.717, 1.165) is 0 Å². The van der Waals surface area contributed by atoms with E-state index in [1.165, 1.54) is 42.5 Å². The highest BCUT2D eigenvalue weighted by Gasteiger charge is 2.30. The highest BCUT2D eigenvalue weighted by atomic mass is 19.4. The molecule has 1 heterocycles. The van der Waals surface area contributed by atoms with Crippen molar-refractivity contribution in [3.8, 4) is 5.75 Å². The number of alkyl halides is 3. The Balaban J connectivity index is 2.09. The number of cyclic esters (lactones) is 1. The third kappa shape index (κ3) is 3.38. The standard InChI is InChI=1S/C12H7F3O3/c13-12(14,15)18-9-3-1-8(2-4-9)7-10-5-6-11(16)17-10/h1-7H/b10-7+. The Hall–Kier alpha value is -2.24. The molecule has 0 amide bonds. The molecule has 0 aromatic heterocycles. The van der Waals surface area contributed by atoms with Crippen molar-refractivity contribution >= 4 is 12.0 Å². The van der Waals surface area contributed by atoms with Crippen molar-refractivity contribution in [1.82, 2.24) is 0 Å². The van der Waals surface area contributed by atoms with Crippen molar-refractivity contribution in [3.63, 3.8) is 0 Å². The number of allylic oxidation sites excluding steroid dienone is 1. The Morgan fingerprint density at radius 1 is 1.11 bits per heavy atom. The number of halogens is 3. The molecule has 0 fully saturated rings. The van der Waals surface area contributed by atoms with E-state index in [2.05, 4.69) is 4.74 Å². The summed E-state index contributed by atoms with van der Waals surface area (Å²) in [4.78, 5) is 10.8. The first kappa shape index (κ1) is 12.2. The van der Waals surface area contributed by atoms with E-state index in [4.69, 9.17) is 4.74 Å². The molecule has 1 aliphatic heterocycles. The lowest BCUT2D eigenvalue weighted by Gasteiger charge is -2.08.